The van der Waals surface area contributed by atoms with Crippen molar-refractivity contribution < 1.29 is 18.7 Å². The van der Waals surface area contributed by atoms with Gasteiger partial charge in [-0.25, -0.2) is 4.39 Å². The summed E-state index contributed by atoms with van der Waals surface area (Å²) in [5.41, 5.74) is 1.50. The Bertz CT molecular complexity index is 1040. The van der Waals surface area contributed by atoms with Gasteiger partial charge in [-0.3, -0.25) is 9.59 Å². The van der Waals surface area contributed by atoms with E-state index in [2.05, 4.69) is 5.32 Å². The summed E-state index contributed by atoms with van der Waals surface area (Å²) in [5, 5.41) is 4.99. The summed E-state index contributed by atoms with van der Waals surface area (Å²) in [7, 11) is 1.57. The molecule has 2 heterocycles. The fourth-order valence-electron chi connectivity index (χ4n) is 3.60. The molecule has 3 aromatic rings. The second kappa shape index (κ2) is 8.67. The van der Waals surface area contributed by atoms with Gasteiger partial charge in [-0.05, 0) is 41.3 Å². The maximum absolute atomic E-state index is 13.4. The van der Waals surface area contributed by atoms with Crippen molar-refractivity contribution in [1.29, 1.82) is 0 Å². The second-order valence-electron chi connectivity index (χ2n) is 7.12. The fourth-order valence-corrected chi connectivity index (χ4v) is 4.40. The van der Waals surface area contributed by atoms with Crippen LogP contribution in [0.2, 0.25) is 0 Å². The monoisotopic (exact) mass is 424 g/mol. The highest BCUT2D eigenvalue weighted by atomic mass is 32.1. The van der Waals surface area contributed by atoms with Crippen LogP contribution in [0.4, 0.5) is 10.1 Å². The summed E-state index contributed by atoms with van der Waals surface area (Å²) >= 11 is 1.52. The maximum Gasteiger partial charge on any atom is 0.227 e. The van der Waals surface area contributed by atoms with Gasteiger partial charge < -0.3 is 15.0 Å². The molecule has 30 heavy (non-hydrogen) atoms. The van der Waals surface area contributed by atoms with Crippen LogP contribution in [0.5, 0.6) is 5.75 Å². The van der Waals surface area contributed by atoms with Crippen molar-refractivity contribution in [2.45, 2.75) is 12.5 Å². The minimum Gasteiger partial charge on any atom is -0.497 e. The number of thiophene rings is 1. The summed E-state index contributed by atoms with van der Waals surface area (Å²) < 4.78 is 18.6. The predicted molar refractivity (Wildman–Crippen MR) is 114 cm³/mol. The number of anilines is 1. The third-order valence-corrected chi connectivity index (χ3v) is 6.12. The number of rotatable bonds is 6. The molecule has 2 unspecified atom stereocenters. The molecule has 1 aromatic heterocycles. The lowest BCUT2D eigenvalue weighted by Crippen LogP contribution is -2.35. The highest BCUT2D eigenvalue weighted by molar-refractivity contribution is 7.10. The van der Waals surface area contributed by atoms with Crippen LogP contribution in [-0.2, 0) is 9.59 Å². The van der Waals surface area contributed by atoms with Crippen molar-refractivity contribution >= 4 is 28.8 Å². The first kappa shape index (κ1) is 20.1. The largest absolute Gasteiger partial charge is 0.497 e. The average Bonchev–Trinajstić information content (AvgIpc) is 3.43. The van der Waals surface area contributed by atoms with Crippen LogP contribution in [0.3, 0.4) is 0 Å². The van der Waals surface area contributed by atoms with E-state index < -0.39 is 5.92 Å². The maximum atomic E-state index is 13.4. The number of ether oxygens (including phenoxy) is 1. The molecule has 0 bridgehead atoms. The number of hydrogen-bond acceptors (Lipinski definition) is 4. The molecule has 0 spiro atoms. The van der Waals surface area contributed by atoms with Crippen molar-refractivity contribution in [3.05, 3.63) is 82.3 Å². The van der Waals surface area contributed by atoms with Crippen molar-refractivity contribution in [3.63, 3.8) is 0 Å². The molecule has 1 aliphatic rings. The molecular weight excluding hydrogens is 403 g/mol. The molecule has 2 atom stereocenters. The number of benzene rings is 2. The zero-order valence-electron chi connectivity index (χ0n) is 16.4. The van der Waals surface area contributed by atoms with Crippen molar-refractivity contribution in [2.75, 3.05) is 18.6 Å². The minimum atomic E-state index is -0.466. The lowest BCUT2D eigenvalue weighted by Gasteiger charge is -2.21. The predicted octanol–water partition coefficient (Wildman–Crippen LogP) is 4.15. The quantitative estimate of drug-likeness (QED) is 0.647. The Morgan fingerprint density at radius 1 is 1.20 bits per heavy atom. The molecular formula is C23H21FN2O3S. The number of carbonyl (C=O) groups excluding carboxylic acids is 2. The van der Waals surface area contributed by atoms with E-state index >= 15 is 0 Å². The van der Waals surface area contributed by atoms with Crippen LogP contribution in [-0.4, -0.2) is 25.5 Å². The van der Waals surface area contributed by atoms with Gasteiger partial charge in [0.05, 0.1) is 19.1 Å². The van der Waals surface area contributed by atoms with Gasteiger partial charge in [0.25, 0.3) is 0 Å². The first-order valence-corrected chi connectivity index (χ1v) is 10.5. The van der Waals surface area contributed by atoms with Crippen LogP contribution in [0.15, 0.2) is 66.0 Å². The van der Waals surface area contributed by atoms with E-state index in [4.69, 9.17) is 4.74 Å². The van der Waals surface area contributed by atoms with Crippen molar-refractivity contribution in [3.8, 4) is 5.75 Å². The third kappa shape index (κ3) is 4.21. The van der Waals surface area contributed by atoms with Crippen molar-refractivity contribution in [2.24, 2.45) is 5.92 Å². The molecule has 0 radical (unpaired) electrons. The highest BCUT2D eigenvalue weighted by Crippen LogP contribution is 2.30. The number of methoxy groups -OCH3 is 1. The number of halogens is 1. The first-order chi connectivity index (χ1) is 14.5. The van der Waals surface area contributed by atoms with Gasteiger partial charge in [0.2, 0.25) is 11.8 Å². The number of hydrogen-bond donors (Lipinski definition) is 1. The van der Waals surface area contributed by atoms with Crippen LogP contribution < -0.4 is 15.0 Å². The van der Waals surface area contributed by atoms with Crippen LogP contribution >= 0.6 is 11.3 Å². The Balaban J connectivity index is 1.52. The van der Waals surface area contributed by atoms with E-state index in [0.29, 0.717) is 18.0 Å². The van der Waals surface area contributed by atoms with E-state index in [-0.39, 0.29) is 30.1 Å². The van der Waals surface area contributed by atoms with Crippen LogP contribution in [0.25, 0.3) is 0 Å². The Labute approximate surface area is 178 Å². The summed E-state index contributed by atoms with van der Waals surface area (Å²) in [6, 6.07) is 16.8. The molecule has 5 nitrogen and oxygen atoms in total. The molecule has 1 saturated heterocycles. The van der Waals surface area contributed by atoms with Gasteiger partial charge in [-0.15, -0.1) is 11.3 Å². The zero-order chi connectivity index (χ0) is 21.1. The first-order valence-electron chi connectivity index (χ1n) is 9.59. The fraction of sp³-hybridized carbons (Fsp3) is 0.217. The van der Waals surface area contributed by atoms with Crippen LogP contribution in [0, 0.1) is 11.7 Å². The molecule has 2 amide bonds. The Kier molecular flexibility index (Phi) is 5.81. The number of amides is 2. The van der Waals surface area contributed by atoms with E-state index in [9.17, 15) is 14.0 Å². The SMILES string of the molecule is COc1cccc(N2CC(C(=O)NC(c3ccc(F)cc3)c3cccs3)CC2=O)c1. The Morgan fingerprint density at radius 2 is 2.00 bits per heavy atom. The molecule has 4 rings (SSSR count). The topological polar surface area (TPSA) is 58.6 Å². The smallest absolute Gasteiger partial charge is 0.227 e. The van der Waals surface area contributed by atoms with E-state index in [1.807, 2.05) is 35.7 Å². The molecule has 1 fully saturated rings. The molecule has 1 N–H and O–H groups in total. The van der Waals surface area contributed by atoms with Crippen molar-refractivity contribution in [1.82, 2.24) is 5.32 Å². The molecule has 154 valence electrons. The standard InChI is InChI=1S/C23H21FN2O3S/c1-29-19-5-2-4-18(13-19)26-14-16(12-21(26)27)23(28)25-22(20-6-3-11-30-20)15-7-9-17(24)10-8-15/h2-11,13,16,22H,12,14H2,1H3,(H,25,28). The van der Waals surface area contributed by atoms with E-state index in [0.717, 1.165) is 10.4 Å². The Hall–Kier alpha value is -3.19. The van der Waals surface area contributed by atoms with Gasteiger partial charge in [0, 0.05) is 29.6 Å². The normalized spacial score (nSPS) is 17.1. The van der Waals surface area contributed by atoms with E-state index in [1.165, 1.54) is 23.5 Å². The summed E-state index contributed by atoms with van der Waals surface area (Å²) in [5.74, 6) is -0.437. The molecule has 2 aromatic carbocycles. The highest BCUT2D eigenvalue weighted by Gasteiger charge is 2.36. The number of nitrogens with one attached hydrogen (secondary N) is 1. The zero-order valence-corrected chi connectivity index (χ0v) is 17.2. The lowest BCUT2D eigenvalue weighted by molar-refractivity contribution is -0.126. The van der Waals surface area contributed by atoms with Gasteiger partial charge in [0.15, 0.2) is 0 Å². The number of carbonyl (C=O) groups is 2. The summed E-state index contributed by atoms with van der Waals surface area (Å²) in [4.78, 5) is 28.2. The minimum absolute atomic E-state index is 0.0992. The molecule has 0 aliphatic carbocycles. The lowest BCUT2D eigenvalue weighted by atomic mass is 10.0. The summed E-state index contributed by atoms with van der Waals surface area (Å²) in [6.45, 7) is 0.304. The van der Waals surface area contributed by atoms with Gasteiger partial charge in [0.1, 0.15) is 11.6 Å². The summed E-state index contributed by atoms with van der Waals surface area (Å²) in [6.07, 6.45) is 0.142. The van der Waals surface area contributed by atoms with Gasteiger partial charge in [-0.1, -0.05) is 24.3 Å². The average molecular weight is 424 g/mol. The van der Waals surface area contributed by atoms with Crippen LogP contribution in [0.1, 0.15) is 22.9 Å². The van der Waals surface area contributed by atoms with Gasteiger partial charge >= 0.3 is 0 Å². The van der Waals surface area contributed by atoms with E-state index in [1.54, 1.807) is 30.2 Å². The molecule has 1 aliphatic heterocycles. The van der Waals surface area contributed by atoms with Gasteiger partial charge in [-0.2, -0.15) is 0 Å². The number of nitrogens with zero attached hydrogens (tertiary/aromatic N) is 1. The second-order valence-corrected chi connectivity index (χ2v) is 8.09. The molecule has 0 saturated carbocycles. The third-order valence-electron chi connectivity index (χ3n) is 5.18. The molecule has 7 heteroatoms. The Morgan fingerprint density at radius 3 is 2.70 bits per heavy atom.